The zero-order valence-electron chi connectivity index (χ0n) is 23.3. The van der Waals surface area contributed by atoms with E-state index in [-0.39, 0.29) is 30.6 Å². The number of methoxy groups -OCH3 is 1. The Bertz CT molecular complexity index is 1410. The second-order valence-corrected chi connectivity index (χ2v) is 13.4. The topological polar surface area (TPSA) is 136 Å². The van der Waals surface area contributed by atoms with Crippen molar-refractivity contribution >= 4 is 56.6 Å². The van der Waals surface area contributed by atoms with E-state index >= 15 is 0 Å². The van der Waals surface area contributed by atoms with Crippen molar-refractivity contribution in [1.29, 1.82) is 0 Å². The predicted molar refractivity (Wildman–Crippen MR) is 162 cm³/mol. The van der Waals surface area contributed by atoms with Crippen LogP contribution in [0.3, 0.4) is 0 Å². The molecular formula is C30H35BrN4O6S. The number of allylic oxidation sites excluding steroid dienone is 1. The van der Waals surface area contributed by atoms with Crippen molar-refractivity contribution in [2.24, 2.45) is 23.7 Å². The third-order valence-electron chi connectivity index (χ3n) is 8.64. The number of thiophene rings is 1. The number of aromatic nitrogens is 1. The van der Waals surface area contributed by atoms with Crippen molar-refractivity contribution in [3.8, 4) is 0 Å². The van der Waals surface area contributed by atoms with Crippen molar-refractivity contribution in [2.45, 2.75) is 63.6 Å². The fourth-order valence-electron chi connectivity index (χ4n) is 6.96. The van der Waals surface area contributed by atoms with E-state index in [4.69, 9.17) is 0 Å². The molecule has 0 unspecified atom stereocenters. The van der Waals surface area contributed by atoms with Crippen LogP contribution in [0.4, 0.5) is 5.69 Å². The minimum Gasteiger partial charge on any atom is -0.466 e. The minimum atomic E-state index is -0.992. The molecule has 0 aromatic carbocycles. The second kappa shape index (κ2) is 13.4. The van der Waals surface area contributed by atoms with Gasteiger partial charge in [0.25, 0.3) is 11.5 Å². The Morgan fingerprint density at radius 2 is 1.86 bits per heavy atom. The van der Waals surface area contributed by atoms with Gasteiger partial charge in [-0.25, -0.2) is 4.79 Å². The Morgan fingerprint density at radius 3 is 2.50 bits per heavy atom. The van der Waals surface area contributed by atoms with Crippen molar-refractivity contribution in [3.63, 3.8) is 0 Å². The number of carbonyl (C=O) groups is 4. The molecular weight excluding hydrogens is 624 g/mol. The second-order valence-electron chi connectivity index (χ2n) is 11.5. The average Bonchev–Trinajstić information content (AvgIpc) is 3.40. The Hall–Kier alpha value is -3.25. The zero-order valence-corrected chi connectivity index (χ0v) is 25.7. The molecule has 2 heterocycles. The molecule has 2 aromatic rings. The van der Waals surface area contributed by atoms with Gasteiger partial charge in [-0.15, -0.1) is 11.3 Å². The van der Waals surface area contributed by atoms with Gasteiger partial charge in [0.2, 0.25) is 11.8 Å². The summed E-state index contributed by atoms with van der Waals surface area (Å²) in [7, 11) is 1.27. The van der Waals surface area contributed by atoms with E-state index in [0.717, 1.165) is 16.3 Å². The number of amides is 3. The molecule has 0 saturated heterocycles. The van der Waals surface area contributed by atoms with Gasteiger partial charge >= 0.3 is 5.97 Å². The van der Waals surface area contributed by atoms with Crippen LogP contribution in [0.2, 0.25) is 0 Å². The normalized spacial score (nSPS) is 24.8. The van der Waals surface area contributed by atoms with Crippen LogP contribution in [0.5, 0.6) is 0 Å². The number of halogens is 1. The first-order valence-corrected chi connectivity index (χ1v) is 16.0. The number of rotatable bonds is 11. The molecule has 2 aromatic heterocycles. The molecule has 3 N–H and O–H groups in total. The summed E-state index contributed by atoms with van der Waals surface area (Å²) in [6, 6.07) is 3.90. The number of hydrogen-bond acceptors (Lipinski definition) is 7. The van der Waals surface area contributed by atoms with Crippen molar-refractivity contribution in [3.05, 3.63) is 61.6 Å². The molecule has 0 radical (unpaired) electrons. The van der Waals surface area contributed by atoms with Gasteiger partial charge in [0, 0.05) is 28.2 Å². The van der Waals surface area contributed by atoms with E-state index < -0.39 is 29.4 Å². The molecule has 1 atom stereocenters. The van der Waals surface area contributed by atoms with Gasteiger partial charge in [-0.3, -0.25) is 19.2 Å². The highest BCUT2D eigenvalue weighted by atomic mass is 79.9. The fourth-order valence-corrected chi connectivity index (χ4v) is 8.29. The van der Waals surface area contributed by atoms with Crippen molar-refractivity contribution in [1.82, 2.24) is 15.2 Å². The summed E-state index contributed by atoms with van der Waals surface area (Å²) >= 11 is 4.54. The van der Waals surface area contributed by atoms with Crippen LogP contribution >= 0.6 is 27.3 Å². The first kappa shape index (κ1) is 30.2. The molecule has 4 fully saturated rings. The highest BCUT2D eigenvalue weighted by Gasteiger charge is 2.48. The Balaban J connectivity index is 1.23. The van der Waals surface area contributed by atoms with E-state index in [1.54, 1.807) is 23.6 Å². The van der Waals surface area contributed by atoms with Crippen LogP contribution in [0.25, 0.3) is 0 Å². The molecule has 42 heavy (non-hydrogen) atoms. The van der Waals surface area contributed by atoms with E-state index in [1.807, 2.05) is 0 Å². The highest BCUT2D eigenvalue weighted by Crippen LogP contribution is 2.53. The highest BCUT2D eigenvalue weighted by molar-refractivity contribution is 9.10. The van der Waals surface area contributed by atoms with Gasteiger partial charge in [-0.1, -0.05) is 6.08 Å². The molecule has 4 aliphatic carbocycles. The SMILES string of the molecule is COC(=O)/C=C/CC[C@H](NC(=O)c1cc(Br)cs1)C(=O)Nc1cccn(CC(=O)NC2C3CC4CC(C3)CC2C4)c1=O. The third kappa shape index (κ3) is 7.20. The Kier molecular flexibility index (Phi) is 9.62. The number of pyridine rings is 1. The summed E-state index contributed by atoms with van der Waals surface area (Å²) < 4.78 is 6.62. The quantitative estimate of drug-likeness (QED) is 0.248. The lowest BCUT2D eigenvalue weighted by atomic mass is 9.54. The van der Waals surface area contributed by atoms with E-state index in [2.05, 4.69) is 36.6 Å². The maximum absolute atomic E-state index is 13.3. The molecule has 0 aliphatic heterocycles. The summed E-state index contributed by atoms with van der Waals surface area (Å²) in [5.41, 5.74) is -0.503. The number of hydrogen-bond donors (Lipinski definition) is 3. The first-order valence-electron chi connectivity index (χ1n) is 14.3. The van der Waals surface area contributed by atoms with Crippen LogP contribution in [-0.4, -0.2) is 47.5 Å². The van der Waals surface area contributed by atoms with Gasteiger partial charge < -0.3 is 25.3 Å². The lowest BCUT2D eigenvalue weighted by molar-refractivity contribution is -0.134. The van der Waals surface area contributed by atoms with Gasteiger partial charge in [0.1, 0.15) is 18.3 Å². The van der Waals surface area contributed by atoms with E-state index in [9.17, 15) is 24.0 Å². The number of anilines is 1. The fraction of sp³-hybridized carbons (Fsp3) is 0.500. The number of esters is 1. The van der Waals surface area contributed by atoms with Crippen LogP contribution in [0, 0.1) is 23.7 Å². The van der Waals surface area contributed by atoms with Crippen molar-refractivity contribution in [2.75, 3.05) is 12.4 Å². The number of carbonyl (C=O) groups excluding carboxylic acids is 4. The minimum absolute atomic E-state index is 0.00754. The zero-order chi connectivity index (χ0) is 29.8. The van der Waals surface area contributed by atoms with Gasteiger partial charge in [-0.05, 0) is 103 Å². The molecule has 10 nitrogen and oxygen atoms in total. The van der Waals surface area contributed by atoms with Crippen LogP contribution in [0.15, 0.2) is 51.2 Å². The molecule has 0 spiro atoms. The lowest BCUT2D eigenvalue weighted by Crippen LogP contribution is -2.56. The number of ether oxygens (including phenoxy) is 1. The number of nitrogens with zero attached hydrogens (tertiary/aromatic N) is 1. The molecule has 4 bridgehead atoms. The summed E-state index contributed by atoms with van der Waals surface area (Å²) in [4.78, 5) is 64.2. The number of nitrogens with one attached hydrogen (secondary N) is 3. The Labute approximate surface area is 256 Å². The molecule has 3 amide bonds. The molecule has 4 saturated carbocycles. The smallest absolute Gasteiger partial charge is 0.330 e. The molecule has 12 heteroatoms. The van der Waals surface area contributed by atoms with E-state index in [0.29, 0.717) is 23.1 Å². The summed E-state index contributed by atoms with van der Waals surface area (Å²) in [6.45, 7) is -0.142. The van der Waals surface area contributed by atoms with Crippen LogP contribution < -0.4 is 21.5 Å². The summed E-state index contributed by atoms with van der Waals surface area (Å²) in [5, 5.41) is 10.3. The standard InChI is InChI=1S/C30H35BrN4O6S/c1-41-26(37)7-3-2-5-22(32-29(39)24-14-21(31)16-42-24)28(38)33-23-6-4-8-35(30(23)40)15-25(36)34-27-19-10-17-9-18(12-19)13-20(27)11-17/h3-4,6-8,14,16-20,22,27H,2,5,9-13,15H2,1H3,(H,32,39)(H,33,38)(H,34,36)/b7-3+/t17?,18?,19?,20?,22-,27?/m0/s1. The largest absolute Gasteiger partial charge is 0.466 e. The molecule has 4 aliphatic rings. The van der Waals surface area contributed by atoms with Gasteiger partial charge in [0.05, 0.1) is 12.0 Å². The van der Waals surface area contributed by atoms with Crippen molar-refractivity contribution < 1.29 is 23.9 Å². The monoisotopic (exact) mass is 658 g/mol. The third-order valence-corrected chi connectivity index (χ3v) is 10.3. The maximum atomic E-state index is 13.3. The first-order chi connectivity index (χ1) is 20.2. The van der Waals surface area contributed by atoms with Gasteiger partial charge in [-0.2, -0.15) is 0 Å². The van der Waals surface area contributed by atoms with Gasteiger partial charge in [0.15, 0.2) is 0 Å². The summed E-state index contributed by atoms with van der Waals surface area (Å²) in [6.07, 6.45) is 10.9. The summed E-state index contributed by atoms with van der Waals surface area (Å²) in [5.74, 6) is 0.896. The van der Waals surface area contributed by atoms with Crippen LogP contribution in [0.1, 0.15) is 54.6 Å². The maximum Gasteiger partial charge on any atom is 0.330 e. The van der Waals surface area contributed by atoms with Crippen LogP contribution in [-0.2, 0) is 25.7 Å². The van der Waals surface area contributed by atoms with E-state index in [1.165, 1.54) is 73.5 Å². The predicted octanol–water partition coefficient (Wildman–Crippen LogP) is 3.86. The Morgan fingerprint density at radius 1 is 1.14 bits per heavy atom. The molecule has 224 valence electrons. The molecule has 6 rings (SSSR count). The average molecular weight is 660 g/mol. The lowest BCUT2D eigenvalue weighted by Gasteiger charge is -2.54.